The molecule has 98 valence electrons. The summed E-state index contributed by atoms with van der Waals surface area (Å²) in [6.45, 7) is 2.56. The van der Waals surface area contributed by atoms with Crippen molar-refractivity contribution in [3.63, 3.8) is 0 Å². The van der Waals surface area contributed by atoms with E-state index in [1.807, 2.05) is 12.1 Å². The topological polar surface area (TPSA) is 23.5 Å². The lowest BCUT2D eigenvalue weighted by molar-refractivity contribution is 0.166. The molecular formula is C16H23NO. The Morgan fingerprint density at radius 3 is 2.56 bits per heavy atom. The number of phenols is 1. The molecule has 0 amide bonds. The van der Waals surface area contributed by atoms with Crippen LogP contribution in [0.2, 0.25) is 0 Å². The molecule has 2 aliphatic rings. The highest BCUT2D eigenvalue weighted by atomic mass is 16.3. The van der Waals surface area contributed by atoms with Crippen molar-refractivity contribution in [2.24, 2.45) is 0 Å². The van der Waals surface area contributed by atoms with Gasteiger partial charge in [-0.3, -0.25) is 4.90 Å². The maximum absolute atomic E-state index is 9.68. The number of rotatable bonds is 2. The van der Waals surface area contributed by atoms with Gasteiger partial charge in [0.1, 0.15) is 5.75 Å². The highest BCUT2D eigenvalue weighted by Gasteiger charge is 2.32. The standard InChI is InChI=1S/C16H23NO/c18-14-7-5-6-13(12-14)15-8-1-2-9-16(15)17-10-3-4-11-17/h5-7,12,15-16,18H,1-4,8-11H2/t15-,16-/m1/s1. The number of phenolic OH excluding ortho intramolecular Hbond substituents is 1. The van der Waals surface area contributed by atoms with Gasteiger partial charge in [0.25, 0.3) is 0 Å². The van der Waals surface area contributed by atoms with Crippen LogP contribution in [-0.4, -0.2) is 29.1 Å². The summed E-state index contributed by atoms with van der Waals surface area (Å²) in [6.07, 6.45) is 8.05. The predicted octanol–water partition coefficient (Wildman–Crippen LogP) is 3.51. The summed E-state index contributed by atoms with van der Waals surface area (Å²) in [6, 6.07) is 8.64. The number of hydrogen-bond acceptors (Lipinski definition) is 2. The Balaban J connectivity index is 1.82. The third-order valence-electron chi connectivity index (χ3n) is 4.64. The fraction of sp³-hybridized carbons (Fsp3) is 0.625. The molecule has 1 aliphatic heterocycles. The van der Waals surface area contributed by atoms with Crippen LogP contribution in [0, 0.1) is 0 Å². The second-order valence-corrected chi connectivity index (χ2v) is 5.80. The Bertz CT molecular complexity index is 398. The molecule has 0 radical (unpaired) electrons. The molecule has 1 saturated carbocycles. The van der Waals surface area contributed by atoms with Crippen LogP contribution in [0.25, 0.3) is 0 Å². The summed E-state index contributed by atoms with van der Waals surface area (Å²) >= 11 is 0. The van der Waals surface area contributed by atoms with Crippen LogP contribution >= 0.6 is 0 Å². The summed E-state index contributed by atoms with van der Waals surface area (Å²) in [7, 11) is 0. The first-order valence-corrected chi connectivity index (χ1v) is 7.37. The molecule has 0 aromatic heterocycles. The molecule has 2 nitrogen and oxygen atoms in total. The third-order valence-corrected chi connectivity index (χ3v) is 4.64. The van der Waals surface area contributed by atoms with E-state index >= 15 is 0 Å². The fourth-order valence-electron chi connectivity index (χ4n) is 3.77. The van der Waals surface area contributed by atoms with E-state index in [0.29, 0.717) is 17.7 Å². The molecule has 1 aromatic carbocycles. The van der Waals surface area contributed by atoms with Gasteiger partial charge in [0, 0.05) is 6.04 Å². The molecular weight excluding hydrogens is 222 g/mol. The number of hydrogen-bond donors (Lipinski definition) is 1. The van der Waals surface area contributed by atoms with Gasteiger partial charge in [0.15, 0.2) is 0 Å². The third kappa shape index (κ3) is 2.39. The molecule has 3 rings (SSSR count). The van der Waals surface area contributed by atoms with Crippen molar-refractivity contribution in [2.45, 2.75) is 50.5 Å². The first-order valence-electron chi connectivity index (χ1n) is 7.37. The minimum atomic E-state index is 0.415. The van der Waals surface area contributed by atoms with Crippen LogP contribution in [0.15, 0.2) is 24.3 Å². The van der Waals surface area contributed by atoms with Gasteiger partial charge in [-0.15, -0.1) is 0 Å². The number of benzene rings is 1. The van der Waals surface area contributed by atoms with Gasteiger partial charge in [0.05, 0.1) is 0 Å². The molecule has 1 aromatic rings. The van der Waals surface area contributed by atoms with E-state index in [0.717, 1.165) is 0 Å². The minimum absolute atomic E-state index is 0.415. The van der Waals surface area contributed by atoms with Crippen LogP contribution in [0.3, 0.4) is 0 Å². The Labute approximate surface area is 110 Å². The Morgan fingerprint density at radius 1 is 1.00 bits per heavy atom. The molecule has 0 bridgehead atoms. The summed E-state index contributed by atoms with van der Waals surface area (Å²) in [5.41, 5.74) is 1.34. The monoisotopic (exact) mass is 245 g/mol. The van der Waals surface area contributed by atoms with E-state index in [1.165, 1.54) is 57.2 Å². The lowest BCUT2D eigenvalue weighted by Crippen LogP contribution is -2.39. The zero-order valence-electron chi connectivity index (χ0n) is 11.0. The van der Waals surface area contributed by atoms with Crippen LogP contribution in [0.4, 0.5) is 0 Å². The molecule has 1 heterocycles. The minimum Gasteiger partial charge on any atom is -0.508 e. The van der Waals surface area contributed by atoms with Crippen molar-refractivity contribution in [3.05, 3.63) is 29.8 Å². The highest BCUT2D eigenvalue weighted by molar-refractivity contribution is 5.31. The molecule has 1 saturated heterocycles. The van der Waals surface area contributed by atoms with Crippen LogP contribution in [-0.2, 0) is 0 Å². The molecule has 1 N–H and O–H groups in total. The molecule has 2 heteroatoms. The lowest BCUT2D eigenvalue weighted by Gasteiger charge is -2.38. The zero-order valence-corrected chi connectivity index (χ0v) is 11.0. The van der Waals surface area contributed by atoms with Gasteiger partial charge in [-0.1, -0.05) is 25.0 Å². The normalized spacial score (nSPS) is 29.6. The van der Waals surface area contributed by atoms with Crippen LogP contribution in [0.5, 0.6) is 5.75 Å². The predicted molar refractivity (Wildman–Crippen MR) is 73.9 cm³/mol. The van der Waals surface area contributed by atoms with E-state index in [9.17, 15) is 5.11 Å². The van der Waals surface area contributed by atoms with E-state index in [1.54, 1.807) is 6.07 Å². The summed E-state index contributed by atoms with van der Waals surface area (Å²) in [4.78, 5) is 2.69. The van der Waals surface area contributed by atoms with Gasteiger partial charge in [-0.2, -0.15) is 0 Å². The first kappa shape index (κ1) is 12.0. The number of nitrogens with zero attached hydrogens (tertiary/aromatic N) is 1. The summed E-state index contributed by atoms with van der Waals surface area (Å²) in [5.74, 6) is 1.04. The molecule has 1 aliphatic carbocycles. The van der Waals surface area contributed by atoms with Gasteiger partial charge >= 0.3 is 0 Å². The number of likely N-dealkylation sites (tertiary alicyclic amines) is 1. The second-order valence-electron chi connectivity index (χ2n) is 5.80. The van der Waals surface area contributed by atoms with Crippen molar-refractivity contribution in [2.75, 3.05) is 13.1 Å². The van der Waals surface area contributed by atoms with Crippen LogP contribution in [0.1, 0.15) is 50.0 Å². The Morgan fingerprint density at radius 2 is 1.78 bits per heavy atom. The highest BCUT2D eigenvalue weighted by Crippen LogP contribution is 2.38. The Kier molecular flexibility index (Phi) is 3.55. The zero-order chi connectivity index (χ0) is 12.4. The van der Waals surface area contributed by atoms with Gasteiger partial charge in [0.2, 0.25) is 0 Å². The quantitative estimate of drug-likeness (QED) is 0.862. The first-order chi connectivity index (χ1) is 8.84. The van der Waals surface area contributed by atoms with Crippen molar-refractivity contribution in [1.29, 1.82) is 0 Å². The largest absolute Gasteiger partial charge is 0.508 e. The molecule has 18 heavy (non-hydrogen) atoms. The molecule has 2 fully saturated rings. The van der Waals surface area contributed by atoms with E-state index in [-0.39, 0.29) is 0 Å². The van der Waals surface area contributed by atoms with Gasteiger partial charge < -0.3 is 5.11 Å². The van der Waals surface area contributed by atoms with Crippen molar-refractivity contribution < 1.29 is 5.11 Å². The van der Waals surface area contributed by atoms with Crippen LogP contribution < -0.4 is 0 Å². The van der Waals surface area contributed by atoms with Gasteiger partial charge in [-0.25, -0.2) is 0 Å². The van der Waals surface area contributed by atoms with Gasteiger partial charge in [-0.05, 0) is 62.4 Å². The SMILES string of the molecule is Oc1cccc([C@H]2CCCC[C@H]2N2CCCC2)c1. The molecule has 0 spiro atoms. The molecule has 0 unspecified atom stereocenters. The van der Waals surface area contributed by atoms with Crippen molar-refractivity contribution in [3.8, 4) is 5.75 Å². The summed E-state index contributed by atoms with van der Waals surface area (Å²) < 4.78 is 0. The van der Waals surface area contributed by atoms with Crippen molar-refractivity contribution in [1.82, 2.24) is 4.90 Å². The number of aromatic hydroxyl groups is 1. The molecule has 2 atom stereocenters. The lowest BCUT2D eigenvalue weighted by atomic mass is 9.79. The average molecular weight is 245 g/mol. The Hall–Kier alpha value is -1.02. The average Bonchev–Trinajstić information content (AvgIpc) is 2.92. The van der Waals surface area contributed by atoms with Crippen molar-refractivity contribution >= 4 is 0 Å². The van der Waals surface area contributed by atoms with E-state index in [4.69, 9.17) is 0 Å². The fourth-order valence-corrected chi connectivity index (χ4v) is 3.77. The second kappa shape index (κ2) is 5.31. The maximum Gasteiger partial charge on any atom is 0.115 e. The smallest absolute Gasteiger partial charge is 0.115 e. The van der Waals surface area contributed by atoms with E-state index < -0.39 is 0 Å². The summed E-state index contributed by atoms with van der Waals surface area (Å²) in [5, 5.41) is 9.68. The van der Waals surface area contributed by atoms with E-state index in [2.05, 4.69) is 11.0 Å². The maximum atomic E-state index is 9.68.